The molecule has 0 aliphatic carbocycles. The Kier molecular flexibility index (Phi) is 15.3. The highest BCUT2D eigenvalue weighted by Crippen LogP contribution is 2.25. The highest BCUT2D eigenvalue weighted by Gasteiger charge is 2.15. The van der Waals surface area contributed by atoms with Crippen LogP contribution in [-0.2, 0) is 0 Å². The highest BCUT2D eigenvalue weighted by molar-refractivity contribution is 6.31. The first-order chi connectivity index (χ1) is 28.5. The average Bonchev–Trinajstić information content (AvgIpc) is 3.23. The zero-order chi connectivity index (χ0) is 41.7. The monoisotopic (exact) mass is 860 g/mol. The Hall–Kier alpha value is -5.51. The van der Waals surface area contributed by atoms with Crippen molar-refractivity contribution in [3.05, 3.63) is 136 Å². The molecule has 0 spiro atoms. The molecule has 0 unspecified atom stereocenters. The van der Waals surface area contributed by atoms with Crippen LogP contribution in [0.25, 0.3) is 0 Å². The molecule has 8 rings (SSSR count). The average molecular weight is 862 g/mol. The van der Waals surface area contributed by atoms with E-state index in [1.807, 2.05) is 24.3 Å². The number of benzene rings is 4. The number of halogens is 5. The maximum absolute atomic E-state index is 13.3. The number of rotatable bonds is 8. The number of hydrogen-bond donors (Lipinski definition) is 4. The Labute approximate surface area is 358 Å². The first-order valence-corrected chi connectivity index (χ1v) is 20.0. The molecule has 0 radical (unpaired) electrons. The molecule has 4 heterocycles. The molecule has 5 N–H and O–H groups in total. The third-order valence-electron chi connectivity index (χ3n) is 9.42. The second-order valence-corrected chi connectivity index (χ2v) is 15.0. The number of nitrogens with two attached hydrogens (primary N) is 1. The van der Waals surface area contributed by atoms with Gasteiger partial charge in [-0.25, -0.2) is 23.7 Å². The molecule has 2 aliphatic rings. The fourth-order valence-corrected chi connectivity index (χ4v) is 6.54. The van der Waals surface area contributed by atoms with E-state index in [0.29, 0.717) is 29.0 Å². The Morgan fingerprint density at radius 2 is 0.966 bits per heavy atom. The third-order valence-corrected chi connectivity index (χ3v) is 10.2. The van der Waals surface area contributed by atoms with Crippen molar-refractivity contribution in [1.29, 1.82) is 0 Å². The van der Waals surface area contributed by atoms with E-state index >= 15 is 0 Å². The molecule has 2 fully saturated rings. The van der Waals surface area contributed by atoms with Gasteiger partial charge in [0.2, 0.25) is 11.2 Å². The Morgan fingerprint density at radius 1 is 0.525 bits per heavy atom. The summed E-state index contributed by atoms with van der Waals surface area (Å²) in [6, 6.07) is 28.5. The van der Waals surface area contributed by atoms with Gasteiger partial charge in [-0.05, 0) is 123 Å². The summed E-state index contributed by atoms with van der Waals surface area (Å²) in [4.78, 5) is 25.9. The fraction of sp³-hybridized carbons (Fsp3) is 0.238. The smallest absolute Gasteiger partial charge is 0.229 e. The van der Waals surface area contributed by atoms with Crippen LogP contribution in [0.3, 0.4) is 0 Å². The zero-order valence-electron chi connectivity index (χ0n) is 32.6. The van der Waals surface area contributed by atoms with Crippen LogP contribution in [0.4, 0.5) is 60.5 Å². The Bertz CT molecular complexity index is 2250. The van der Waals surface area contributed by atoms with Gasteiger partial charge >= 0.3 is 0 Å². The second kappa shape index (κ2) is 21.0. The van der Waals surface area contributed by atoms with Crippen LogP contribution in [0.15, 0.2) is 109 Å². The van der Waals surface area contributed by atoms with E-state index in [-0.39, 0.29) is 15.3 Å². The third kappa shape index (κ3) is 13.3. The maximum atomic E-state index is 13.3. The zero-order valence-corrected chi connectivity index (χ0v) is 34.9. The number of aromatic nitrogens is 4. The summed E-state index contributed by atoms with van der Waals surface area (Å²) < 4.78 is 26.2. The number of likely N-dealkylation sites (N-methyl/N-ethyl adjacent to an activating group) is 2. The van der Waals surface area contributed by atoms with E-state index in [9.17, 15) is 8.78 Å². The van der Waals surface area contributed by atoms with Gasteiger partial charge in [-0.3, -0.25) is 0 Å². The number of piperazine rings is 2. The van der Waals surface area contributed by atoms with Gasteiger partial charge in [0, 0.05) is 98.9 Å². The normalized spacial score (nSPS) is 14.4. The summed E-state index contributed by atoms with van der Waals surface area (Å²) in [7, 11) is 4.32. The summed E-state index contributed by atoms with van der Waals surface area (Å²) in [5.41, 5.74) is 11.2. The van der Waals surface area contributed by atoms with Crippen LogP contribution in [0.5, 0.6) is 0 Å². The van der Waals surface area contributed by atoms with Gasteiger partial charge in [-0.1, -0.05) is 23.2 Å². The number of anilines is 9. The topological polar surface area (TPSA) is 127 Å². The SMILES string of the molecule is CN1CCN(c2ccc(N)cc2)CC1.CN1CCN(c2ccc(Nc3nccc(Nc4ccc(F)c(Cl)c4)n3)cc2)CC1.Fc1ccc(Nc2ccnc(Cl)n2)cc1Cl. The molecule has 59 heavy (non-hydrogen) atoms. The molecule has 0 amide bonds. The van der Waals surface area contributed by atoms with Crippen LogP contribution < -0.4 is 31.5 Å². The van der Waals surface area contributed by atoms with E-state index in [1.54, 1.807) is 30.5 Å². The molecule has 0 bridgehead atoms. The first-order valence-electron chi connectivity index (χ1n) is 18.8. The van der Waals surface area contributed by atoms with Crippen molar-refractivity contribution in [2.45, 2.75) is 0 Å². The van der Waals surface area contributed by atoms with Crippen molar-refractivity contribution in [2.75, 3.05) is 97.9 Å². The molecule has 0 atom stereocenters. The largest absolute Gasteiger partial charge is 0.399 e. The second-order valence-electron chi connectivity index (χ2n) is 13.8. The van der Waals surface area contributed by atoms with Crippen molar-refractivity contribution in [3.8, 4) is 0 Å². The van der Waals surface area contributed by atoms with Crippen LogP contribution >= 0.6 is 34.8 Å². The molecule has 17 heteroatoms. The predicted molar refractivity (Wildman–Crippen MR) is 238 cm³/mol. The molecule has 0 saturated carbocycles. The minimum atomic E-state index is -0.465. The van der Waals surface area contributed by atoms with Crippen molar-refractivity contribution in [2.24, 2.45) is 0 Å². The van der Waals surface area contributed by atoms with Crippen molar-refractivity contribution in [1.82, 2.24) is 29.7 Å². The van der Waals surface area contributed by atoms with Crippen molar-refractivity contribution < 1.29 is 8.78 Å². The van der Waals surface area contributed by atoms with Crippen LogP contribution in [0.2, 0.25) is 15.3 Å². The van der Waals surface area contributed by atoms with E-state index in [0.717, 1.165) is 63.7 Å². The lowest BCUT2D eigenvalue weighted by Gasteiger charge is -2.34. The minimum Gasteiger partial charge on any atom is -0.399 e. The summed E-state index contributed by atoms with van der Waals surface area (Å²) >= 11 is 17.1. The van der Waals surface area contributed by atoms with Crippen LogP contribution in [-0.4, -0.2) is 96.2 Å². The molecular weight excluding hydrogens is 817 g/mol. The van der Waals surface area contributed by atoms with E-state index < -0.39 is 11.6 Å². The first kappa shape index (κ1) is 43.1. The van der Waals surface area contributed by atoms with E-state index in [2.05, 4.69) is 93.8 Å². The summed E-state index contributed by atoms with van der Waals surface area (Å²) in [6.45, 7) is 8.73. The molecule has 12 nitrogen and oxygen atoms in total. The van der Waals surface area contributed by atoms with Crippen LogP contribution in [0.1, 0.15) is 0 Å². The molecule has 6 aromatic rings. The minimum absolute atomic E-state index is 0.0464. The van der Waals surface area contributed by atoms with Gasteiger partial charge in [-0.15, -0.1) is 0 Å². The molecule has 2 aliphatic heterocycles. The molecule has 4 aromatic carbocycles. The highest BCUT2D eigenvalue weighted by atomic mass is 35.5. The van der Waals surface area contributed by atoms with E-state index in [1.165, 1.54) is 41.8 Å². The van der Waals surface area contributed by atoms with Crippen molar-refractivity contribution >= 4 is 86.5 Å². The number of nitrogens with zero attached hydrogens (tertiary/aromatic N) is 8. The summed E-state index contributed by atoms with van der Waals surface area (Å²) in [5.74, 6) is 0.646. The number of nitrogens with one attached hydrogen (secondary N) is 3. The lowest BCUT2D eigenvalue weighted by Crippen LogP contribution is -2.44. The molecule has 308 valence electrons. The molecule has 2 aromatic heterocycles. The van der Waals surface area contributed by atoms with Crippen LogP contribution in [0, 0.1) is 11.6 Å². The molecule has 2 saturated heterocycles. The quantitative estimate of drug-likeness (QED) is 0.0862. The van der Waals surface area contributed by atoms with E-state index in [4.69, 9.17) is 40.5 Å². The summed E-state index contributed by atoms with van der Waals surface area (Å²) in [6.07, 6.45) is 3.17. The van der Waals surface area contributed by atoms with Crippen molar-refractivity contribution in [3.63, 3.8) is 0 Å². The summed E-state index contributed by atoms with van der Waals surface area (Å²) in [5, 5.41) is 9.48. The predicted octanol–water partition coefficient (Wildman–Crippen LogP) is 9.19. The standard InChI is InChI=1S/C21H22ClFN6.C11H17N3.C10H6Cl2FN3/c1-28-10-12-29(13-11-28)17-5-2-15(3-6-17)26-21-24-9-8-20(27-21)25-16-4-7-19(23)18(22)14-16;1-13-6-8-14(9-7-13)11-4-2-10(12)3-5-11;11-7-5-6(1-2-8(7)13)15-9-3-4-14-10(12)16-9/h2-9,14H,10-13H2,1H3,(H2,24,25,26,27);2-5H,6-9,12H2,1H3;1-5H,(H,14,15,16). The van der Waals surface area contributed by atoms with Gasteiger partial charge in [0.15, 0.2) is 0 Å². The van der Waals surface area contributed by atoms with Gasteiger partial charge in [-0.2, -0.15) is 4.98 Å². The van der Waals surface area contributed by atoms with Gasteiger partial charge in [0.05, 0.1) is 10.0 Å². The molecular formula is C42H45Cl3F2N12. The lowest BCUT2D eigenvalue weighted by atomic mass is 10.2. The van der Waals surface area contributed by atoms with Gasteiger partial charge in [0.1, 0.15) is 23.3 Å². The van der Waals surface area contributed by atoms with Gasteiger partial charge < -0.3 is 41.3 Å². The maximum Gasteiger partial charge on any atom is 0.229 e. The number of nitrogen functional groups attached to an aromatic ring is 1. The fourth-order valence-electron chi connectivity index (χ4n) is 6.04. The Morgan fingerprint density at radius 3 is 1.44 bits per heavy atom. The lowest BCUT2D eigenvalue weighted by molar-refractivity contribution is 0.313. The number of hydrogen-bond acceptors (Lipinski definition) is 12. The van der Waals surface area contributed by atoms with Gasteiger partial charge in [0.25, 0.3) is 0 Å². The Balaban J connectivity index is 0.000000164.